The predicted octanol–water partition coefficient (Wildman–Crippen LogP) is 2.51. The fourth-order valence-electron chi connectivity index (χ4n) is 4.40. The molecule has 18 nitrogen and oxygen atoms in total. The largest absolute Gasteiger partial charge is 0.399 e. The van der Waals surface area contributed by atoms with Gasteiger partial charge in [-0.1, -0.05) is 24.3 Å². The van der Waals surface area contributed by atoms with E-state index in [4.69, 9.17) is 11.5 Å². The molecule has 0 radical (unpaired) electrons. The van der Waals surface area contributed by atoms with Crippen molar-refractivity contribution in [3.8, 4) is 0 Å². The van der Waals surface area contributed by atoms with Crippen molar-refractivity contribution >= 4 is 87.2 Å². The first-order valence-corrected chi connectivity index (χ1v) is 19.0. The Morgan fingerprint density at radius 1 is 0.480 bits per heavy atom. The maximum Gasteiger partial charge on any atom is 0.295 e. The van der Waals surface area contributed by atoms with Gasteiger partial charge in [0.05, 0.1) is 11.1 Å². The van der Waals surface area contributed by atoms with Gasteiger partial charge in [-0.2, -0.15) is 33.7 Å². The van der Waals surface area contributed by atoms with Crippen LogP contribution in [0.2, 0.25) is 0 Å². The van der Waals surface area contributed by atoms with Crippen LogP contribution in [0.5, 0.6) is 0 Å². The average molecular weight is 769 g/mol. The minimum atomic E-state index is -5.04. The van der Waals surface area contributed by atoms with Crippen molar-refractivity contribution in [2.24, 2.45) is 0 Å². The van der Waals surface area contributed by atoms with Gasteiger partial charge in [0, 0.05) is 22.7 Å². The fraction of sp³-hybridized carbons (Fsp3) is 0. The van der Waals surface area contributed by atoms with Crippen molar-refractivity contribution in [3.05, 3.63) is 95.1 Å². The number of carbonyl (C=O) groups is 2. The van der Waals surface area contributed by atoms with Crippen LogP contribution in [-0.4, -0.2) is 63.7 Å². The molecule has 10 N–H and O–H groups in total. The van der Waals surface area contributed by atoms with E-state index in [0.29, 0.717) is 0 Å². The first-order valence-electron chi connectivity index (χ1n) is 13.2. The number of hydrogen-bond donors (Lipinski definition) is 8. The summed E-state index contributed by atoms with van der Waals surface area (Å²) in [5, 5.41) is 4.45. The molecule has 0 spiro atoms. The van der Waals surface area contributed by atoms with Gasteiger partial charge in [-0.3, -0.25) is 27.8 Å². The minimum Gasteiger partial charge on any atom is -0.399 e. The van der Waals surface area contributed by atoms with E-state index in [0.717, 1.165) is 72.8 Å². The molecule has 0 aliphatic rings. The number of nitrogens with one attached hydrogen (secondary N) is 2. The molecule has 0 aliphatic carbocycles. The Morgan fingerprint density at radius 3 is 1.10 bits per heavy atom. The molecule has 0 saturated heterocycles. The normalized spacial score (nSPS) is 12.5. The molecule has 0 unspecified atom stereocenters. The van der Waals surface area contributed by atoms with Crippen molar-refractivity contribution in [1.82, 2.24) is 0 Å². The van der Waals surface area contributed by atoms with Crippen LogP contribution in [0.3, 0.4) is 0 Å². The van der Waals surface area contributed by atoms with E-state index in [1.54, 1.807) is 0 Å². The summed E-state index contributed by atoms with van der Waals surface area (Å²) in [6.07, 6.45) is 2.03. The third kappa shape index (κ3) is 8.87. The summed E-state index contributed by atoms with van der Waals surface area (Å²) in [4.78, 5) is 22.4. The smallest absolute Gasteiger partial charge is 0.295 e. The molecular formula is C28H24N4O14S4. The zero-order valence-electron chi connectivity index (χ0n) is 24.7. The molecule has 0 aromatic heterocycles. The highest BCUT2D eigenvalue weighted by molar-refractivity contribution is 7.86. The Hall–Kier alpha value is -5.20. The number of carbonyl (C=O) groups excluding carboxylic acids is 2. The minimum absolute atomic E-state index is 0.0945. The SMILES string of the molecule is Nc1ccc(C(=O)Nc2ccc(C=Cc3ccc(NC(=O)c4ccc(N)cc4S(=O)(=O)O)cc3S(=O)(=O)O)c(S(=O)(=O)O)c2)c(S(=O)(=O)O)c1. The third-order valence-corrected chi connectivity index (χ3v) is 10.2. The van der Waals surface area contributed by atoms with Gasteiger partial charge in [0.1, 0.15) is 19.6 Å². The second kappa shape index (κ2) is 13.6. The lowest BCUT2D eigenvalue weighted by Crippen LogP contribution is -2.17. The molecule has 0 atom stereocenters. The molecule has 0 fully saturated rings. The number of nitrogens with two attached hydrogens (primary N) is 2. The van der Waals surface area contributed by atoms with Crippen molar-refractivity contribution in [3.63, 3.8) is 0 Å². The number of benzene rings is 4. The Bertz CT molecular complexity index is 2380. The van der Waals surface area contributed by atoms with Crippen LogP contribution in [0.15, 0.2) is 92.4 Å². The summed E-state index contributed by atoms with van der Waals surface area (Å²) in [7, 11) is -19.9. The van der Waals surface area contributed by atoms with Gasteiger partial charge in [0.2, 0.25) is 0 Å². The summed E-state index contributed by atoms with van der Waals surface area (Å²) >= 11 is 0. The maximum atomic E-state index is 12.8. The molecule has 4 rings (SSSR count). The second-order valence-electron chi connectivity index (χ2n) is 10.2. The van der Waals surface area contributed by atoms with E-state index in [2.05, 4.69) is 10.6 Å². The van der Waals surface area contributed by atoms with E-state index < -0.39 is 83.0 Å². The van der Waals surface area contributed by atoms with Gasteiger partial charge in [-0.05, 0) is 71.8 Å². The van der Waals surface area contributed by atoms with Crippen molar-refractivity contribution < 1.29 is 61.5 Å². The summed E-state index contributed by atoms with van der Waals surface area (Å²) in [5.41, 5.74) is 8.70. The maximum absolute atomic E-state index is 12.8. The first kappa shape index (κ1) is 37.6. The van der Waals surface area contributed by atoms with Crippen LogP contribution in [-0.2, 0) is 40.5 Å². The van der Waals surface area contributed by atoms with Crippen LogP contribution in [0, 0.1) is 0 Å². The summed E-state index contributed by atoms with van der Waals surface area (Å²) in [6.45, 7) is 0. The molecule has 50 heavy (non-hydrogen) atoms. The summed E-state index contributed by atoms with van der Waals surface area (Å²) in [6, 6.07) is 12.0. The van der Waals surface area contributed by atoms with Gasteiger partial charge in [0.25, 0.3) is 52.3 Å². The van der Waals surface area contributed by atoms with Crippen molar-refractivity contribution in [1.29, 1.82) is 0 Å². The Labute approximate surface area is 284 Å². The molecule has 0 bridgehead atoms. The number of rotatable bonds is 10. The topological polar surface area (TPSA) is 328 Å². The van der Waals surface area contributed by atoms with Crippen LogP contribution >= 0.6 is 0 Å². The van der Waals surface area contributed by atoms with Gasteiger partial charge in [-0.25, -0.2) is 0 Å². The molecule has 4 aromatic rings. The molecule has 22 heteroatoms. The fourth-order valence-corrected chi connectivity index (χ4v) is 7.27. The predicted molar refractivity (Wildman–Crippen MR) is 179 cm³/mol. The number of nitrogen functional groups attached to an aromatic ring is 2. The number of amides is 2. The molecule has 0 aliphatic heterocycles. The van der Waals surface area contributed by atoms with Gasteiger partial charge < -0.3 is 22.1 Å². The zero-order chi connectivity index (χ0) is 37.4. The van der Waals surface area contributed by atoms with Gasteiger partial charge in [-0.15, -0.1) is 0 Å². The first-order chi connectivity index (χ1) is 22.9. The Kier molecular flexibility index (Phi) is 10.2. The van der Waals surface area contributed by atoms with Crippen LogP contribution in [0.25, 0.3) is 12.2 Å². The lowest BCUT2D eigenvalue weighted by molar-refractivity contribution is 0.101. The molecule has 264 valence electrons. The second-order valence-corrected chi connectivity index (χ2v) is 15.7. The average Bonchev–Trinajstić information content (AvgIpc) is 2.98. The van der Waals surface area contributed by atoms with E-state index >= 15 is 0 Å². The lowest BCUT2D eigenvalue weighted by atomic mass is 10.1. The summed E-state index contributed by atoms with van der Waals surface area (Å²) in [5.74, 6) is -2.23. The monoisotopic (exact) mass is 768 g/mol. The van der Waals surface area contributed by atoms with Crippen LogP contribution in [0.4, 0.5) is 22.7 Å². The number of hydrogen-bond acceptors (Lipinski definition) is 12. The highest BCUT2D eigenvalue weighted by Crippen LogP contribution is 2.28. The summed E-state index contributed by atoms with van der Waals surface area (Å²) < 4.78 is 135. The van der Waals surface area contributed by atoms with Gasteiger partial charge >= 0.3 is 0 Å². The number of anilines is 4. The third-order valence-electron chi connectivity index (χ3n) is 6.60. The van der Waals surface area contributed by atoms with Crippen molar-refractivity contribution in [2.45, 2.75) is 19.6 Å². The van der Waals surface area contributed by atoms with Crippen molar-refractivity contribution in [2.75, 3.05) is 22.1 Å². The van der Waals surface area contributed by atoms with Crippen LogP contribution < -0.4 is 22.1 Å². The highest BCUT2D eigenvalue weighted by atomic mass is 32.2. The van der Waals surface area contributed by atoms with E-state index in [1.165, 1.54) is 12.1 Å². The van der Waals surface area contributed by atoms with Gasteiger partial charge in [0.15, 0.2) is 0 Å². The molecule has 0 heterocycles. The standard InChI is InChI=1S/C28H24N4O14S4/c29-17-5-9-21(25(11-17)49(41,42)43)27(33)31-19-7-3-15(23(13-19)47(35,36)37)1-2-16-4-8-20(14-24(16)48(38,39)40)32-28(34)22-10-6-18(30)12-26(22)50(44,45)46/h1-14H,29-30H2,(H,31,33)(H,32,34)(H,35,36,37)(H,38,39,40)(H,41,42,43)(H,44,45,46). The molecule has 2 amide bonds. The molecule has 4 aromatic carbocycles. The van der Waals surface area contributed by atoms with Crippen LogP contribution in [0.1, 0.15) is 31.8 Å². The molecular weight excluding hydrogens is 745 g/mol. The quantitative estimate of drug-likeness (QED) is 0.0652. The Morgan fingerprint density at radius 2 is 0.800 bits per heavy atom. The Balaban J connectivity index is 1.68. The molecule has 0 saturated carbocycles. The van der Waals surface area contributed by atoms with E-state index in [1.807, 2.05) is 0 Å². The lowest BCUT2D eigenvalue weighted by Gasteiger charge is -2.12. The van der Waals surface area contributed by atoms with E-state index in [-0.39, 0.29) is 33.9 Å². The van der Waals surface area contributed by atoms with E-state index in [9.17, 15) is 61.5 Å². The highest BCUT2D eigenvalue weighted by Gasteiger charge is 2.24. The zero-order valence-corrected chi connectivity index (χ0v) is 28.0.